The van der Waals surface area contributed by atoms with E-state index >= 15 is 0 Å². The van der Waals surface area contributed by atoms with Crippen molar-refractivity contribution in [3.05, 3.63) is 0 Å². The average Bonchev–Trinajstić information content (AvgIpc) is 2.00. The standard InChI is InChI=1S/C9H18O4S.Na/c1-9(10)7-5-3-2-4-6-8-14(11,12)13;/h2-8H2,1H3,(H,11,12,13);/q;+1/p-1. The van der Waals surface area contributed by atoms with Gasteiger partial charge >= 0.3 is 29.6 Å². The van der Waals surface area contributed by atoms with Crippen LogP contribution in [0.25, 0.3) is 0 Å². The Labute approximate surface area is 114 Å². The molecule has 0 saturated carbocycles. The van der Waals surface area contributed by atoms with Crippen LogP contribution in [0.3, 0.4) is 0 Å². The van der Waals surface area contributed by atoms with Crippen molar-refractivity contribution in [1.29, 1.82) is 0 Å². The number of carbonyl (C=O) groups is 1. The zero-order valence-corrected chi connectivity index (χ0v) is 12.3. The van der Waals surface area contributed by atoms with E-state index in [0.717, 1.165) is 25.7 Å². The first-order chi connectivity index (χ1) is 6.42. The van der Waals surface area contributed by atoms with Gasteiger partial charge in [-0.1, -0.05) is 19.3 Å². The monoisotopic (exact) mass is 244 g/mol. The van der Waals surface area contributed by atoms with Crippen molar-refractivity contribution in [2.75, 3.05) is 5.75 Å². The molecule has 0 radical (unpaired) electrons. The van der Waals surface area contributed by atoms with Gasteiger partial charge in [0.05, 0.1) is 10.1 Å². The van der Waals surface area contributed by atoms with Gasteiger partial charge in [-0.25, -0.2) is 8.42 Å². The Morgan fingerprint density at radius 3 is 2.00 bits per heavy atom. The molecule has 0 aromatic rings. The Balaban J connectivity index is 0. The van der Waals surface area contributed by atoms with E-state index in [4.69, 9.17) is 0 Å². The molecule has 0 aliphatic heterocycles. The minimum atomic E-state index is -4.03. The quantitative estimate of drug-likeness (QED) is 0.295. The number of unbranched alkanes of at least 4 members (excludes halogenated alkanes) is 4. The topological polar surface area (TPSA) is 74.3 Å². The fourth-order valence-corrected chi connectivity index (χ4v) is 1.74. The van der Waals surface area contributed by atoms with E-state index in [-0.39, 0.29) is 41.1 Å². The van der Waals surface area contributed by atoms with Crippen LogP contribution in [0.5, 0.6) is 0 Å². The summed E-state index contributed by atoms with van der Waals surface area (Å²) >= 11 is 0. The fourth-order valence-electron chi connectivity index (χ4n) is 1.18. The van der Waals surface area contributed by atoms with Gasteiger partial charge in [0.25, 0.3) is 0 Å². The van der Waals surface area contributed by atoms with Gasteiger partial charge in [-0.2, -0.15) is 0 Å². The van der Waals surface area contributed by atoms with Gasteiger partial charge in [0.15, 0.2) is 0 Å². The molecule has 0 fully saturated rings. The summed E-state index contributed by atoms with van der Waals surface area (Å²) in [6.07, 6.45) is 4.46. The number of carbonyl (C=O) groups excluding carboxylic acids is 1. The van der Waals surface area contributed by atoms with E-state index in [0.29, 0.717) is 12.8 Å². The van der Waals surface area contributed by atoms with Crippen LogP contribution in [0.1, 0.15) is 45.4 Å². The summed E-state index contributed by atoms with van der Waals surface area (Å²) in [6.45, 7) is 1.56. The zero-order valence-electron chi connectivity index (χ0n) is 9.49. The molecule has 84 valence electrons. The van der Waals surface area contributed by atoms with E-state index in [1.54, 1.807) is 6.92 Å². The molecule has 0 aromatic carbocycles. The molecule has 0 bridgehead atoms. The minimum Gasteiger partial charge on any atom is -0.748 e. The van der Waals surface area contributed by atoms with Crippen molar-refractivity contribution < 1.29 is 47.3 Å². The molecule has 0 unspecified atom stereocenters. The molecule has 6 heteroatoms. The summed E-state index contributed by atoms with van der Waals surface area (Å²) < 4.78 is 30.6. The SMILES string of the molecule is CC(=O)CCCCCCCS(=O)(=O)[O-].[Na+]. The van der Waals surface area contributed by atoms with Crippen LogP contribution in [0.2, 0.25) is 0 Å². The third kappa shape index (κ3) is 17.2. The van der Waals surface area contributed by atoms with E-state index in [2.05, 4.69) is 0 Å². The molecule has 0 aromatic heterocycles. The van der Waals surface area contributed by atoms with Gasteiger partial charge in [-0.3, -0.25) is 0 Å². The van der Waals surface area contributed by atoms with Crippen LogP contribution in [-0.4, -0.2) is 24.5 Å². The molecule has 0 saturated heterocycles. The van der Waals surface area contributed by atoms with Gasteiger partial charge in [0, 0.05) is 12.2 Å². The summed E-state index contributed by atoms with van der Waals surface area (Å²) in [7, 11) is -4.03. The van der Waals surface area contributed by atoms with Gasteiger partial charge in [-0.05, 0) is 19.8 Å². The number of hydrogen-bond donors (Lipinski definition) is 0. The Bertz CT molecular complexity index is 261. The van der Waals surface area contributed by atoms with Crippen LogP contribution >= 0.6 is 0 Å². The van der Waals surface area contributed by atoms with Crippen molar-refractivity contribution in [3.8, 4) is 0 Å². The number of Topliss-reactive ketones (excluding diaryl/α,β-unsaturated/α-hetero) is 1. The summed E-state index contributed by atoms with van der Waals surface area (Å²) in [5.41, 5.74) is 0. The second-order valence-corrected chi connectivity index (χ2v) is 5.01. The summed E-state index contributed by atoms with van der Waals surface area (Å²) in [4.78, 5) is 10.5. The third-order valence-corrected chi connectivity index (χ3v) is 2.71. The molecule has 0 rings (SSSR count). The van der Waals surface area contributed by atoms with Gasteiger partial charge < -0.3 is 9.35 Å². The van der Waals surface area contributed by atoms with Crippen LogP contribution in [0.4, 0.5) is 0 Å². The Morgan fingerprint density at radius 1 is 1.07 bits per heavy atom. The van der Waals surface area contributed by atoms with Gasteiger partial charge in [0.1, 0.15) is 5.78 Å². The first kappa shape index (κ1) is 18.0. The summed E-state index contributed by atoms with van der Waals surface area (Å²) in [5.74, 6) is -0.0770. The second-order valence-electron chi connectivity index (χ2n) is 3.48. The normalized spacial score (nSPS) is 10.8. The third-order valence-electron chi connectivity index (χ3n) is 1.92. The molecule has 0 atom stereocenters. The first-order valence-electron chi connectivity index (χ1n) is 4.85. The van der Waals surface area contributed by atoms with Gasteiger partial charge in [-0.15, -0.1) is 0 Å². The van der Waals surface area contributed by atoms with Crippen molar-refractivity contribution in [3.63, 3.8) is 0 Å². The zero-order chi connectivity index (χ0) is 11.0. The smallest absolute Gasteiger partial charge is 0.748 e. The largest absolute Gasteiger partial charge is 1.00 e. The van der Waals surface area contributed by atoms with Crippen LogP contribution in [-0.2, 0) is 14.9 Å². The molecule has 0 heterocycles. The number of ketones is 1. The van der Waals surface area contributed by atoms with Crippen molar-refractivity contribution >= 4 is 15.9 Å². The molecule has 0 aliphatic rings. The maximum atomic E-state index is 10.5. The molecule has 0 amide bonds. The van der Waals surface area contributed by atoms with Crippen LogP contribution < -0.4 is 29.6 Å². The van der Waals surface area contributed by atoms with E-state index in [1.165, 1.54) is 0 Å². The molecule has 0 N–H and O–H groups in total. The molecule has 4 nitrogen and oxygen atoms in total. The van der Waals surface area contributed by atoms with Crippen molar-refractivity contribution in [2.24, 2.45) is 0 Å². The molecule has 0 aliphatic carbocycles. The maximum absolute atomic E-state index is 10.5. The van der Waals surface area contributed by atoms with E-state index in [9.17, 15) is 17.8 Å². The van der Waals surface area contributed by atoms with Crippen LogP contribution in [0.15, 0.2) is 0 Å². The number of hydrogen-bond acceptors (Lipinski definition) is 4. The molecule has 0 spiro atoms. The fraction of sp³-hybridized carbons (Fsp3) is 0.889. The first-order valence-corrected chi connectivity index (χ1v) is 6.42. The molecule has 15 heavy (non-hydrogen) atoms. The Kier molecular flexibility index (Phi) is 11.7. The molecular weight excluding hydrogens is 227 g/mol. The Morgan fingerprint density at radius 2 is 1.53 bits per heavy atom. The number of rotatable bonds is 8. The van der Waals surface area contributed by atoms with E-state index in [1.807, 2.05) is 0 Å². The van der Waals surface area contributed by atoms with Crippen molar-refractivity contribution in [2.45, 2.75) is 45.4 Å². The average molecular weight is 244 g/mol. The van der Waals surface area contributed by atoms with Gasteiger partial charge in [0.2, 0.25) is 0 Å². The Hall–Kier alpha value is 0.580. The predicted octanol–water partition coefficient (Wildman–Crippen LogP) is -1.53. The molecular formula is C9H17NaO4S. The van der Waals surface area contributed by atoms with E-state index < -0.39 is 10.1 Å². The summed E-state index contributed by atoms with van der Waals surface area (Å²) in [6, 6.07) is 0. The van der Waals surface area contributed by atoms with Crippen molar-refractivity contribution in [1.82, 2.24) is 0 Å². The predicted molar refractivity (Wildman–Crippen MR) is 52.9 cm³/mol. The maximum Gasteiger partial charge on any atom is 1.00 e. The van der Waals surface area contributed by atoms with Crippen LogP contribution in [0, 0.1) is 0 Å². The summed E-state index contributed by atoms with van der Waals surface area (Å²) in [5, 5.41) is 0. The second kappa shape index (κ2) is 9.78. The minimum absolute atomic E-state index is 0.